The summed E-state index contributed by atoms with van der Waals surface area (Å²) in [6, 6.07) is 12.7. The van der Waals surface area contributed by atoms with Crippen molar-refractivity contribution in [2.75, 3.05) is 14.1 Å². The van der Waals surface area contributed by atoms with Crippen LogP contribution in [0.2, 0.25) is 0 Å². The van der Waals surface area contributed by atoms with Crippen LogP contribution >= 0.6 is 0 Å². The number of rotatable bonds is 8. The van der Waals surface area contributed by atoms with Gasteiger partial charge in [-0.05, 0) is 55.8 Å². The van der Waals surface area contributed by atoms with Gasteiger partial charge in [-0.25, -0.2) is 0 Å². The van der Waals surface area contributed by atoms with Gasteiger partial charge in [0.15, 0.2) is 5.78 Å². The zero-order valence-electron chi connectivity index (χ0n) is 18.7. The molecule has 4 nitrogen and oxygen atoms in total. The fourth-order valence-corrected chi connectivity index (χ4v) is 2.86. The minimum absolute atomic E-state index is 0.0212. The van der Waals surface area contributed by atoms with Gasteiger partial charge in [0.1, 0.15) is 5.75 Å². The number of amides is 1. The first-order valence-electron chi connectivity index (χ1n) is 10.0. The Hall–Kier alpha value is -3.14. The Kier molecular flexibility index (Phi) is 7.38. The smallest absolute Gasteiger partial charge is 0.253 e. The van der Waals surface area contributed by atoms with Crippen molar-refractivity contribution in [3.05, 3.63) is 83.4 Å². The van der Waals surface area contributed by atoms with E-state index in [1.807, 2.05) is 38.1 Å². The number of nitrogens with zero attached hydrogens (tertiary/aromatic N) is 1. The molecule has 0 heterocycles. The predicted molar refractivity (Wildman–Crippen MR) is 123 cm³/mol. The minimum atomic E-state index is -0.197. The molecular formula is C26H31NO3. The Morgan fingerprint density at radius 1 is 1.03 bits per heavy atom. The maximum absolute atomic E-state index is 12.7. The SMILES string of the molecule is C=CC(C)(C)c1ccc(OC(C)C)c(C=CC(=O)c2ccc(C(=O)N(C)C)cc2)c1. The molecular weight excluding hydrogens is 374 g/mol. The second-order valence-electron chi connectivity index (χ2n) is 8.32. The van der Waals surface area contributed by atoms with Crippen LogP contribution < -0.4 is 4.74 Å². The van der Waals surface area contributed by atoms with Crippen LogP contribution in [0.3, 0.4) is 0 Å². The van der Waals surface area contributed by atoms with Crippen molar-refractivity contribution >= 4 is 17.8 Å². The van der Waals surface area contributed by atoms with Crippen LogP contribution in [-0.2, 0) is 5.41 Å². The third-order valence-electron chi connectivity index (χ3n) is 4.86. The molecule has 0 saturated carbocycles. The number of ketones is 1. The zero-order valence-corrected chi connectivity index (χ0v) is 18.7. The second-order valence-corrected chi connectivity index (χ2v) is 8.32. The fourth-order valence-electron chi connectivity index (χ4n) is 2.86. The normalized spacial score (nSPS) is 11.6. The summed E-state index contributed by atoms with van der Waals surface area (Å²) >= 11 is 0. The summed E-state index contributed by atoms with van der Waals surface area (Å²) in [6.45, 7) is 12.0. The summed E-state index contributed by atoms with van der Waals surface area (Å²) in [5.74, 6) is 0.494. The summed E-state index contributed by atoms with van der Waals surface area (Å²) < 4.78 is 5.92. The average Bonchev–Trinajstić information content (AvgIpc) is 2.71. The highest BCUT2D eigenvalue weighted by Crippen LogP contribution is 2.30. The average molecular weight is 406 g/mol. The molecule has 0 unspecified atom stereocenters. The molecule has 158 valence electrons. The molecule has 0 fully saturated rings. The van der Waals surface area contributed by atoms with Crippen molar-refractivity contribution in [3.63, 3.8) is 0 Å². The highest BCUT2D eigenvalue weighted by molar-refractivity contribution is 6.07. The Balaban J connectivity index is 2.32. The molecule has 0 aromatic heterocycles. The van der Waals surface area contributed by atoms with Gasteiger partial charge >= 0.3 is 0 Å². The van der Waals surface area contributed by atoms with Gasteiger partial charge in [-0.15, -0.1) is 6.58 Å². The van der Waals surface area contributed by atoms with E-state index in [0.717, 1.165) is 16.9 Å². The fraction of sp³-hybridized carbons (Fsp3) is 0.308. The lowest BCUT2D eigenvalue weighted by molar-refractivity contribution is 0.0827. The van der Waals surface area contributed by atoms with Crippen LogP contribution in [0.25, 0.3) is 6.08 Å². The monoisotopic (exact) mass is 405 g/mol. The molecule has 0 aliphatic rings. The molecule has 1 amide bonds. The molecule has 0 atom stereocenters. The summed E-state index contributed by atoms with van der Waals surface area (Å²) in [7, 11) is 3.39. The summed E-state index contributed by atoms with van der Waals surface area (Å²) in [5.41, 5.74) is 2.80. The molecule has 4 heteroatoms. The molecule has 0 aliphatic heterocycles. The van der Waals surface area contributed by atoms with E-state index in [1.165, 1.54) is 11.0 Å². The Morgan fingerprint density at radius 3 is 2.17 bits per heavy atom. The van der Waals surface area contributed by atoms with Crippen LogP contribution in [0.1, 0.15) is 59.5 Å². The van der Waals surface area contributed by atoms with Gasteiger partial charge in [0.05, 0.1) is 6.10 Å². The van der Waals surface area contributed by atoms with Gasteiger partial charge < -0.3 is 9.64 Å². The van der Waals surface area contributed by atoms with E-state index in [-0.39, 0.29) is 23.2 Å². The van der Waals surface area contributed by atoms with Gasteiger partial charge in [0.25, 0.3) is 5.91 Å². The van der Waals surface area contributed by atoms with Crippen molar-refractivity contribution < 1.29 is 14.3 Å². The minimum Gasteiger partial charge on any atom is -0.490 e. The number of carbonyl (C=O) groups is 2. The van der Waals surface area contributed by atoms with E-state index < -0.39 is 0 Å². The molecule has 2 rings (SSSR count). The number of hydrogen-bond donors (Lipinski definition) is 0. The van der Waals surface area contributed by atoms with Crippen LogP contribution in [0, 0.1) is 0 Å². The van der Waals surface area contributed by atoms with Gasteiger partial charge in [0.2, 0.25) is 0 Å². The quantitative estimate of drug-likeness (QED) is 0.329. The highest BCUT2D eigenvalue weighted by atomic mass is 16.5. The lowest BCUT2D eigenvalue weighted by Crippen LogP contribution is -2.21. The molecule has 2 aromatic rings. The Bertz CT molecular complexity index is 951. The lowest BCUT2D eigenvalue weighted by Gasteiger charge is -2.22. The Morgan fingerprint density at radius 2 is 1.63 bits per heavy atom. The molecule has 0 N–H and O–H groups in total. The number of hydrogen-bond acceptors (Lipinski definition) is 3. The lowest BCUT2D eigenvalue weighted by atomic mass is 9.84. The van der Waals surface area contributed by atoms with Gasteiger partial charge in [0, 0.05) is 36.2 Å². The highest BCUT2D eigenvalue weighted by Gasteiger charge is 2.18. The van der Waals surface area contributed by atoms with E-state index in [9.17, 15) is 9.59 Å². The molecule has 30 heavy (non-hydrogen) atoms. The summed E-state index contributed by atoms with van der Waals surface area (Å²) in [6.07, 6.45) is 5.24. The van der Waals surface area contributed by atoms with Crippen LogP contribution in [-0.4, -0.2) is 36.8 Å². The molecule has 0 bridgehead atoms. The number of ether oxygens (including phenoxy) is 1. The third kappa shape index (κ3) is 5.69. The molecule has 2 aromatic carbocycles. The van der Waals surface area contributed by atoms with E-state index in [1.54, 1.807) is 44.4 Å². The third-order valence-corrected chi connectivity index (χ3v) is 4.86. The largest absolute Gasteiger partial charge is 0.490 e. The number of benzene rings is 2. The standard InChI is InChI=1S/C26H31NO3/c1-8-26(4,5)22-14-16-24(30-18(2)3)21(17-22)13-15-23(28)19-9-11-20(12-10-19)25(29)27(6)7/h8-18H,1H2,2-7H3. The van der Waals surface area contributed by atoms with E-state index in [2.05, 4.69) is 20.4 Å². The number of carbonyl (C=O) groups excluding carboxylic acids is 2. The van der Waals surface area contributed by atoms with E-state index in [4.69, 9.17) is 4.74 Å². The maximum Gasteiger partial charge on any atom is 0.253 e. The van der Waals surface area contributed by atoms with E-state index in [0.29, 0.717) is 11.1 Å². The molecule has 0 spiro atoms. The second kappa shape index (κ2) is 9.57. The van der Waals surface area contributed by atoms with Crippen molar-refractivity contribution in [1.29, 1.82) is 0 Å². The van der Waals surface area contributed by atoms with Crippen LogP contribution in [0.5, 0.6) is 5.75 Å². The van der Waals surface area contributed by atoms with Gasteiger partial charge in [-0.3, -0.25) is 9.59 Å². The zero-order chi connectivity index (χ0) is 22.5. The first-order chi connectivity index (χ1) is 14.0. The topological polar surface area (TPSA) is 46.6 Å². The first-order valence-corrected chi connectivity index (χ1v) is 10.0. The Labute approximate surface area is 179 Å². The predicted octanol–water partition coefficient (Wildman–Crippen LogP) is 5.54. The van der Waals surface area contributed by atoms with Crippen molar-refractivity contribution in [2.24, 2.45) is 0 Å². The maximum atomic E-state index is 12.7. The van der Waals surface area contributed by atoms with Gasteiger partial charge in [-0.1, -0.05) is 38.1 Å². The molecule has 0 aliphatic carbocycles. The van der Waals surface area contributed by atoms with Gasteiger partial charge in [-0.2, -0.15) is 0 Å². The van der Waals surface area contributed by atoms with Crippen LogP contribution in [0.15, 0.2) is 61.2 Å². The van der Waals surface area contributed by atoms with E-state index >= 15 is 0 Å². The van der Waals surface area contributed by atoms with Crippen LogP contribution in [0.4, 0.5) is 0 Å². The van der Waals surface area contributed by atoms with Crippen molar-refractivity contribution in [1.82, 2.24) is 4.90 Å². The molecule has 0 saturated heterocycles. The van der Waals surface area contributed by atoms with Crippen molar-refractivity contribution in [3.8, 4) is 5.75 Å². The first kappa shape index (κ1) is 23.1. The molecule has 0 radical (unpaired) electrons. The summed E-state index contributed by atoms with van der Waals surface area (Å²) in [5, 5.41) is 0. The van der Waals surface area contributed by atoms with Crippen molar-refractivity contribution in [2.45, 2.75) is 39.2 Å². The number of allylic oxidation sites excluding steroid dienone is 2. The summed E-state index contributed by atoms with van der Waals surface area (Å²) in [4.78, 5) is 26.2.